The van der Waals surface area contributed by atoms with Gasteiger partial charge in [0.05, 0.1) is 32.0 Å². The first kappa shape index (κ1) is 14.6. The van der Waals surface area contributed by atoms with Crippen LogP contribution in [0.4, 0.5) is 0 Å². The molecule has 0 bridgehead atoms. The first-order valence-electron chi connectivity index (χ1n) is 7.61. The summed E-state index contributed by atoms with van der Waals surface area (Å²) in [5, 5.41) is 0. The van der Waals surface area contributed by atoms with E-state index < -0.39 is 0 Å². The van der Waals surface area contributed by atoms with Gasteiger partial charge in [-0.05, 0) is 36.8 Å². The zero-order chi connectivity index (χ0) is 14.7. The highest BCUT2D eigenvalue weighted by atomic mass is 16.5. The maximum absolute atomic E-state index is 12.3. The summed E-state index contributed by atoms with van der Waals surface area (Å²) >= 11 is 0. The molecule has 2 fully saturated rings. The molecule has 0 aromatic carbocycles. The average molecular weight is 293 g/mol. The molecular weight excluding hydrogens is 270 g/mol. The van der Waals surface area contributed by atoms with Gasteiger partial charge in [0.2, 0.25) is 5.91 Å². The average Bonchev–Trinajstić information content (AvgIpc) is 3.11. The molecule has 3 heterocycles. The summed E-state index contributed by atoms with van der Waals surface area (Å²) < 4.78 is 16.2. The number of furan rings is 1. The number of hydrogen-bond donors (Lipinski definition) is 0. The Morgan fingerprint density at radius 1 is 1.48 bits per heavy atom. The summed E-state index contributed by atoms with van der Waals surface area (Å²) in [6.45, 7) is 3.12. The second-order valence-corrected chi connectivity index (χ2v) is 6.23. The van der Waals surface area contributed by atoms with E-state index in [1.807, 2.05) is 17.0 Å². The molecule has 2 aliphatic heterocycles. The fraction of sp³-hybridized carbons (Fsp3) is 0.688. The molecule has 2 aliphatic rings. The predicted octanol–water partition coefficient (Wildman–Crippen LogP) is 1.87. The molecule has 1 aromatic heterocycles. The summed E-state index contributed by atoms with van der Waals surface area (Å²) in [7, 11) is 1.71. The number of carbonyl (C=O) groups excluding carboxylic acids is 1. The van der Waals surface area contributed by atoms with Gasteiger partial charge in [0.15, 0.2) is 0 Å². The van der Waals surface area contributed by atoms with Crippen LogP contribution in [0.25, 0.3) is 0 Å². The van der Waals surface area contributed by atoms with Crippen LogP contribution in [0.2, 0.25) is 0 Å². The van der Waals surface area contributed by atoms with Crippen molar-refractivity contribution in [3.05, 3.63) is 24.2 Å². The van der Waals surface area contributed by atoms with Crippen LogP contribution in [-0.4, -0.2) is 50.3 Å². The van der Waals surface area contributed by atoms with E-state index in [0.717, 1.165) is 44.7 Å². The maximum Gasteiger partial charge on any atom is 0.230 e. The Hall–Kier alpha value is -1.33. The van der Waals surface area contributed by atoms with Crippen LogP contribution in [0, 0.1) is 5.41 Å². The van der Waals surface area contributed by atoms with Gasteiger partial charge in [0.1, 0.15) is 5.76 Å². The minimum Gasteiger partial charge on any atom is -0.469 e. The van der Waals surface area contributed by atoms with Crippen molar-refractivity contribution in [2.24, 2.45) is 5.41 Å². The molecular formula is C16H23NO4. The maximum atomic E-state index is 12.3. The van der Waals surface area contributed by atoms with Crippen LogP contribution in [-0.2, 0) is 20.7 Å². The highest BCUT2D eigenvalue weighted by Crippen LogP contribution is 2.42. The van der Waals surface area contributed by atoms with Crippen LogP contribution in [0.15, 0.2) is 22.8 Å². The van der Waals surface area contributed by atoms with Gasteiger partial charge in [0.25, 0.3) is 0 Å². The smallest absolute Gasteiger partial charge is 0.230 e. The van der Waals surface area contributed by atoms with Crippen molar-refractivity contribution in [3.63, 3.8) is 0 Å². The summed E-state index contributed by atoms with van der Waals surface area (Å²) in [4.78, 5) is 14.2. The fourth-order valence-corrected chi connectivity index (χ4v) is 3.44. The minimum atomic E-state index is 0.159. The Kier molecular flexibility index (Phi) is 4.31. The number of likely N-dealkylation sites (tertiary alicyclic amines) is 1. The van der Waals surface area contributed by atoms with Crippen molar-refractivity contribution in [2.75, 3.05) is 33.4 Å². The van der Waals surface area contributed by atoms with E-state index >= 15 is 0 Å². The summed E-state index contributed by atoms with van der Waals surface area (Å²) in [5.41, 5.74) is 0.255. The lowest BCUT2D eigenvalue weighted by Gasteiger charge is -2.38. The molecule has 0 unspecified atom stereocenters. The number of hydrogen-bond acceptors (Lipinski definition) is 4. The number of nitrogens with zero attached hydrogens (tertiary/aromatic N) is 1. The van der Waals surface area contributed by atoms with E-state index in [0.29, 0.717) is 13.0 Å². The number of ether oxygens (including phenoxy) is 2. The summed E-state index contributed by atoms with van der Waals surface area (Å²) in [5.74, 6) is 0.900. The quantitative estimate of drug-likeness (QED) is 0.850. The summed E-state index contributed by atoms with van der Waals surface area (Å²) in [6, 6.07) is 3.67. The largest absolute Gasteiger partial charge is 0.469 e. The molecule has 2 saturated heterocycles. The van der Waals surface area contributed by atoms with Crippen LogP contribution in [0.5, 0.6) is 0 Å². The van der Waals surface area contributed by atoms with Crippen LogP contribution in [0.3, 0.4) is 0 Å². The van der Waals surface area contributed by atoms with Gasteiger partial charge in [0, 0.05) is 20.2 Å². The first-order valence-corrected chi connectivity index (χ1v) is 7.61. The third kappa shape index (κ3) is 3.30. The van der Waals surface area contributed by atoms with Gasteiger partial charge in [-0.1, -0.05) is 0 Å². The number of carbonyl (C=O) groups is 1. The van der Waals surface area contributed by atoms with E-state index in [4.69, 9.17) is 13.9 Å². The molecule has 1 spiro atoms. The minimum absolute atomic E-state index is 0.159. The zero-order valence-electron chi connectivity index (χ0n) is 12.5. The van der Waals surface area contributed by atoms with Crippen molar-refractivity contribution < 1.29 is 18.7 Å². The fourth-order valence-electron chi connectivity index (χ4n) is 3.44. The Labute approximate surface area is 125 Å². The van der Waals surface area contributed by atoms with Crippen LogP contribution >= 0.6 is 0 Å². The third-order valence-corrected chi connectivity index (χ3v) is 4.72. The second-order valence-electron chi connectivity index (χ2n) is 6.23. The molecule has 5 nitrogen and oxygen atoms in total. The normalized spacial score (nSPS) is 24.6. The molecule has 1 atom stereocenters. The monoisotopic (exact) mass is 293 g/mol. The highest BCUT2D eigenvalue weighted by Gasteiger charge is 2.42. The van der Waals surface area contributed by atoms with Crippen molar-refractivity contribution in [2.45, 2.75) is 31.8 Å². The predicted molar refractivity (Wildman–Crippen MR) is 76.9 cm³/mol. The zero-order valence-corrected chi connectivity index (χ0v) is 12.5. The third-order valence-electron chi connectivity index (χ3n) is 4.72. The molecule has 0 N–H and O–H groups in total. The molecule has 0 radical (unpaired) electrons. The summed E-state index contributed by atoms with van der Waals surface area (Å²) in [6.07, 6.45) is 5.30. The number of rotatable bonds is 4. The van der Waals surface area contributed by atoms with Gasteiger partial charge in [-0.25, -0.2) is 0 Å². The molecule has 1 aromatic rings. The van der Waals surface area contributed by atoms with Crippen LogP contribution in [0.1, 0.15) is 25.0 Å². The Bertz CT molecular complexity index is 463. The van der Waals surface area contributed by atoms with Gasteiger partial charge < -0.3 is 18.8 Å². The standard InChI is InChI=1S/C16H23NO4/c1-19-11-14-10-16(12-21-14)4-6-17(7-5-16)15(18)9-13-3-2-8-20-13/h2-3,8,14H,4-7,9-12H2,1H3/t14-/m0/s1. The van der Waals surface area contributed by atoms with Crippen molar-refractivity contribution in [1.82, 2.24) is 4.90 Å². The molecule has 21 heavy (non-hydrogen) atoms. The molecule has 116 valence electrons. The van der Waals surface area contributed by atoms with Crippen molar-refractivity contribution >= 4 is 5.91 Å². The lowest BCUT2D eigenvalue weighted by molar-refractivity contribution is -0.133. The molecule has 0 saturated carbocycles. The van der Waals surface area contributed by atoms with Crippen molar-refractivity contribution in [3.8, 4) is 0 Å². The number of methoxy groups -OCH3 is 1. The topological polar surface area (TPSA) is 51.9 Å². The van der Waals surface area contributed by atoms with Crippen LogP contribution < -0.4 is 0 Å². The van der Waals surface area contributed by atoms with E-state index in [1.54, 1.807) is 13.4 Å². The Balaban J connectivity index is 1.50. The van der Waals surface area contributed by atoms with Gasteiger partial charge in [-0.3, -0.25) is 4.79 Å². The van der Waals surface area contributed by atoms with E-state index in [2.05, 4.69) is 0 Å². The second kappa shape index (κ2) is 6.20. The highest BCUT2D eigenvalue weighted by molar-refractivity contribution is 5.78. The van der Waals surface area contributed by atoms with E-state index in [1.165, 1.54) is 0 Å². The Morgan fingerprint density at radius 2 is 2.29 bits per heavy atom. The van der Waals surface area contributed by atoms with Gasteiger partial charge >= 0.3 is 0 Å². The number of amides is 1. The van der Waals surface area contributed by atoms with E-state index in [9.17, 15) is 4.79 Å². The van der Waals surface area contributed by atoms with Gasteiger partial charge in [-0.2, -0.15) is 0 Å². The lowest BCUT2D eigenvalue weighted by atomic mass is 9.76. The SMILES string of the molecule is COC[C@@H]1CC2(CCN(C(=O)Cc3ccco3)CC2)CO1. The molecule has 5 heteroatoms. The number of piperidine rings is 1. The lowest BCUT2D eigenvalue weighted by Crippen LogP contribution is -2.44. The Morgan fingerprint density at radius 3 is 2.95 bits per heavy atom. The van der Waals surface area contributed by atoms with Gasteiger partial charge in [-0.15, -0.1) is 0 Å². The molecule has 3 rings (SSSR count). The molecule has 0 aliphatic carbocycles. The molecule has 1 amide bonds. The van der Waals surface area contributed by atoms with Crippen molar-refractivity contribution in [1.29, 1.82) is 0 Å². The van der Waals surface area contributed by atoms with E-state index in [-0.39, 0.29) is 17.4 Å². The first-order chi connectivity index (χ1) is 10.2.